The van der Waals surface area contributed by atoms with Crippen LogP contribution in [0.5, 0.6) is 0 Å². The lowest BCUT2D eigenvalue weighted by Gasteiger charge is -2.10. The minimum atomic E-state index is -0.693. The highest BCUT2D eigenvalue weighted by Crippen LogP contribution is 2.00. The fraction of sp³-hybridized carbons (Fsp3) is 0.500. The Morgan fingerprint density at radius 3 is 2.75 bits per heavy atom. The van der Waals surface area contributed by atoms with Gasteiger partial charge in [0.1, 0.15) is 6.54 Å². The lowest BCUT2D eigenvalue weighted by molar-refractivity contribution is -0.173. The summed E-state index contributed by atoms with van der Waals surface area (Å²) in [6.45, 7) is 1.38. The first-order valence-corrected chi connectivity index (χ1v) is 3.45. The average molecular weight is 172 g/mol. The molecule has 1 aliphatic rings. The molecule has 1 fully saturated rings. The summed E-state index contributed by atoms with van der Waals surface area (Å²) in [5.74, 6) is -1.01. The van der Waals surface area contributed by atoms with Crippen LogP contribution in [0.4, 0.5) is 4.79 Å². The third-order valence-corrected chi connectivity index (χ3v) is 1.26. The Hall–Kier alpha value is -1.59. The van der Waals surface area contributed by atoms with Crippen molar-refractivity contribution in [3.8, 4) is 0 Å². The lowest BCUT2D eigenvalue weighted by atomic mass is 10.5. The van der Waals surface area contributed by atoms with Crippen LogP contribution >= 0.6 is 0 Å². The van der Waals surface area contributed by atoms with Gasteiger partial charge in [0.25, 0.3) is 5.91 Å². The van der Waals surface area contributed by atoms with Crippen LogP contribution in [-0.4, -0.2) is 29.5 Å². The maximum absolute atomic E-state index is 10.8. The largest absolute Gasteiger partial charge is 0.357 e. The predicted octanol–water partition coefficient (Wildman–Crippen LogP) is -0.594. The molecule has 1 heterocycles. The van der Waals surface area contributed by atoms with Gasteiger partial charge >= 0.3 is 12.0 Å². The first kappa shape index (κ1) is 8.51. The Bertz CT molecular complexity index is 238. The molecule has 1 saturated heterocycles. The van der Waals surface area contributed by atoms with Gasteiger partial charge in [0.2, 0.25) is 0 Å². The first-order valence-electron chi connectivity index (χ1n) is 3.45. The standard InChI is InChI=1S/C6H8N2O4/c1-2-5(10)12-8-3-4(9)7-6(8)11/h2-3H2,1H3,(H,7,9,11). The van der Waals surface area contributed by atoms with Crippen LogP contribution < -0.4 is 5.32 Å². The summed E-state index contributed by atoms with van der Waals surface area (Å²) >= 11 is 0. The first-order chi connectivity index (χ1) is 5.63. The monoisotopic (exact) mass is 172 g/mol. The number of urea groups is 1. The van der Waals surface area contributed by atoms with Gasteiger partial charge in [-0.25, -0.2) is 9.59 Å². The molecule has 66 valence electrons. The number of imide groups is 1. The van der Waals surface area contributed by atoms with E-state index < -0.39 is 17.9 Å². The van der Waals surface area contributed by atoms with Crippen LogP contribution in [0, 0.1) is 0 Å². The number of hydrogen-bond acceptors (Lipinski definition) is 4. The summed E-state index contributed by atoms with van der Waals surface area (Å²) < 4.78 is 0. The summed E-state index contributed by atoms with van der Waals surface area (Å²) in [4.78, 5) is 36.5. The number of nitrogens with one attached hydrogen (secondary N) is 1. The second kappa shape index (κ2) is 3.21. The van der Waals surface area contributed by atoms with E-state index in [1.54, 1.807) is 6.92 Å². The van der Waals surface area contributed by atoms with Crippen LogP contribution in [0.3, 0.4) is 0 Å². The van der Waals surface area contributed by atoms with Gasteiger partial charge < -0.3 is 4.84 Å². The van der Waals surface area contributed by atoms with E-state index in [2.05, 4.69) is 4.84 Å². The highest BCUT2D eigenvalue weighted by Gasteiger charge is 2.29. The molecule has 1 N–H and O–H groups in total. The number of hydroxylamine groups is 2. The van der Waals surface area contributed by atoms with E-state index in [-0.39, 0.29) is 13.0 Å². The molecule has 0 aromatic carbocycles. The van der Waals surface area contributed by atoms with Crippen LogP contribution in [0.25, 0.3) is 0 Å². The van der Waals surface area contributed by atoms with E-state index in [1.165, 1.54) is 0 Å². The Morgan fingerprint density at radius 2 is 2.33 bits per heavy atom. The minimum Gasteiger partial charge on any atom is -0.336 e. The van der Waals surface area contributed by atoms with E-state index in [4.69, 9.17) is 0 Å². The molecule has 0 aromatic heterocycles. The van der Waals surface area contributed by atoms with Crippen molar-refractivity contribution >= 4 is 17.9 Å². The SMILES string of the molecule is CCC(=O)ON1CC(=O)NC1=O. The van der Waals surface area contributed by atoms with Gasteiger partial charge in [0.15, 0.2) is 0 Å². The van der Waals surface area contributed by atoms with Crippen molar-refractivity contribution in [2.75, 3.05) is 6.54 Å². The number of hydrogen-bond donors (Lipinski definition) is 1. The van der Waals surface area contributed by atoms with E-state index in [0.717, 1.165) is 0 Å². The second-order valence-corrected chi connectivity index (χ2v) is 2.21. The molecule has 1 aliphatic heterocycles. The highest BCUT2D eigenvalue weighted by atomic mass is 16.7. The molecule has 0 aliphatic carbocycles. The fourth-order valence-corrected chi connectivity index (χ4v) is 0.685. The summed E-state index contributed by atoms with van der Waals surface area (Å²) in [7, 11) is 0. The van der Waals surface area contributed by atoms with Crippen molar-refractivity contribution in [1.29, 1.82) is 0 Å². The number of rotatable bonds is 2. The van der Waals surface area contributed by atoms with Gasteiger partial charge in [-0.3, -0.25) is 10.1 Å². The van der Waals surface area contributed by atoms with Crippen molar-refractivity contribution in [2.45, 2.75) is 13.3 Å². The van der Waals surface area contributed by atoms with Crippen molar-refractivity contribution in [2.24, 2.45) is 0 Å². The van der Waals surface area contributed by atoms with Crippen molar-refractivity contribution in [3.63, 3.8) is 0 Å². The number of carbonyl (C=O) groups excluding carboxylic acids is 3. The van der Waals surface area contributed by atoms with Crippen molar-refractivity contribution in [3.05, 3.63) is 0 Å². The molecule has 0 aromatic rings. The molecule has 1 rings (SSSR count). The molecule has 0 spiro atoms. The smallest absolute Gasteiger partial charge is 0.336 e. The normalized spacial score (nSPS) is 16.2. The zero-order valence-corrected chi connectivity index (χ0v) is 6.49. The number of carbonyl (C=O) groups is 3. The topological polar surface area (TPSA) is 75.7 Å². The average Bonchev–Trinajstić information content (AvgIpc) is 2.30. The summed E-state index contributed by atoms with van der Waals surface area (Å²) in [5, 5.41) is 2.67. The minimum absolute atomic E-state index is 0.165. The van der Waals surface area contributed by atoms with Crippen LogP contribution in [0.2, 0.25) is 0 Å². The van der Waals surface area contributed by atoms with Crippen LogP contribution in [0.15, 0.2) is 0 Å². The summed E-state index contributed by atoms with van der Waals surface area (Å²) in [5.41, 5.74) is 0. The molecule has 6 nitrogen and oxygen atoms in total. The molecule has 0 atom stereocenters. The third-order valence-electron chi connectivity index (χ3n) is 1.26. The van der Waals surface area contributed by atoms with Crippen molar-refractivity contribution < 1.29 is 19.2 Å². The maximum Gasteiger partial charge on any atom is 0.357 e. The second-order valence-electron chi connectivity index (χ2n) is 2.21. The van der Waals surface area contributed by atoms with Gasteiger partial charge in [-0.1, -0.05) is 6.92 Å². The Balaban J connectivity index is 2.48. The van der Waals surface area contributed by atoms with E-state index in [0.29, 0.717) is 5.06 Å². The maximum atomic E-state index is 10.8. The molecule has 6 heteroatoms. The van der Waals surface area contributed by atoms with Gasteiger partial charge in [-0.05, 0) is 0 Å². The molecular formula is C6H8N2O4. The van der Waals surface area contributed by atoms with E-state index in [9.17, 15) is 14.4 Å². The quantitative estimate of drug-likeness (QED) is 0.564. The van der Waals surface area contributed by atoms with Gasteiger partial charge in [-0.15, -0.1) is 5.06 Å². The Kier molecular flexibility index (Phi) is 2.27. The summed E-state index contributed by atoms with van der Waals surface area (Å²) in [6.07, 6.45) is 0.165. The zero-order chi connectivity index (χ0) is 9.14. The molecule has 0 bridgehead atoms. The lowest BCUT2D eigenvalue weighted by Crippen LogP contribution is -2.30. The number of nitrogens with zero attached hydrogens (tertiary/aromatic N) is 1. The molecule has 3 amide bonds. The molecule has 12 heavy (non-hydrogen) atoms. The van der Waals surface area contributed by atoms with E-state index in [1.807, 2.05) is 5.32 Å². The Labute approximate surface area is 68.4 Å². The van der Waals surface area contributed by atoms with Gasteiger partial charge in [0, 0.05) is 6.42 Å². The fourth-order valence-electron chi connectivity index (χ4n) is 0.685. The zero-order valence-electron chi connectivity index (χ0n) is 6.49. The molecule has 0 radical (unpaired) electrons. The van der Waals surface area contributed by atoms with E-state index >= 15 is 0 Å². The molecular weight excluding hydrogens is 164 g/mol. The van der Waals surface area contributed by atoms with Gasteiger partial charge in [0.05, 0.1) is 0 Å². The molecule has 0 unspecified atom stereocenters. The van der Waals surface area contributed by atoms with Gasteiger partial charge in [-0.2, -0.15) is 0 Å². The molecule has 0 saturated carbocycles. The van der Waals surface area contributed by atoms with Crippen LogP contribution in [-0.2, 0) is 14.4 Å². The third kappa shape index (κ3) is 1.71. The van der Waals surface area contributed by atoms with Crippen LogP contribution in [0.1, 0.15) is 13.3 Å². The Morgan fingerprint density at radius 1 is 1.67 bits per heavy atom. The highest BCUT2D eigenvalue weighted by molar-refractivity contribution is 6.01. The predicted molar refractivity (Wildman–Crippen MR) is 36.6 cm³/mol. The number of amides is 3. The summed E-state index contributed by atoms with van der Waals surface area (Å²) in [6, 6.07) is -0.693. The van der Waals surface area contributed by atoms with Crippen molar-refractivity contribution in [1.82, 2.24) is 10.4 Å².